The number of rotatable bonds is 12. The van der Waals surface area contributed by atoms with E-state index in [0.29, 0.717) is 30.6 Å². The summed E-state index contributed by atoms with van der Waals surface area (Å²) in [6, 6.07) is 7.76. The monoisotopic (exact) mass is 820 g/mol. The van der Waals surface area contributed by atoms with Gasteiger partial charge in [-0.25, -0.2) is 4.79 Å². The van der Waals surface area contributed by atoms with E-state index in [-0.39, 0.29) is 25.3 Å². The summed E-state index contributed by atoms with van der Waals surface area (Å²) in [6.07, 6.45) is 1.94. The maximum absolute atomic E-state index is 14.1. The van der Waals surface area contributed by atoms with Crippen molar-refractivity contribution in [2.45, 2.75) is 61.9 Å². The van der Waals surface area contributed by atoms with Crippen LogP contribution in [0.15, 0.2) is 71.5 Å². The van der Waals surface area contributed by atoms with Crippen LogP contribution in [0.25, 0.3) is 11.1 Å². The number of aliphatic imine (C=N–C) groups is 1. The number of hydrogen-bond donors (Lipinski definition) is 14. The molecule has 0 radical (unpaired) electrons. The Balaban J connectivity index is 1.68. The number of nitrogens with zero attached hydrogens (tertiary/aromatic N) is 1. The third kappa shape index (κ3) is 13.8. The van der Waals surface area contributed by atoms with Crippen molar-refractivity contribution in [2.75, 3.05) is 38.1 Å². The molecule has 8 amide bonds. The summed E-state index contributed by atoms with van der Waals surface area (Å²) in [7, 11) is 0. The van der Waals surface area contributed by atoms with E-state index < -0.39 is 103 Å². The van der Waals surface area contributed by atoms with E-state index in [9.17, 15) is 38.7 Å². The molecule has 59 heavy (non-hydrogen) atoms. The molecule has 1 fully saturated rings. The number of carbonyl (C=O) groups excluding carboxylic acids is 7. The molecule has 2 aromatic rings. The molecule has 318 valence electrons. The highest BCUT2D eigenvalue weighted by molar-refractivity contribution is 6.03. The standard InChI is InChI=1S/C37H52N14O8/c38-13-6-9-21(39)15-29(53)43-17-26-32(55)46-27(18-45-37(59)50-24-11-5-4-10-22(24)20-7-2-1-3-8-20)33(56)51-30(25-12-14-42-36(41)49-25)35(58)44-16-23(40)31(54)48-28(19-52)34(57)47-26/h1-5,7-8,10-11,18,21,23,25-26,28,30,52H,6,9,12-17,19,38-40H2,(H,43,53)(H,44,58)(H,46,55)(H,47,57)(H,48,54)(H,51,56)(H3,41,42,49)(H2,45,50,59)/b27-18-/t21-,23-,25+,26?,28-,30?/m0/s1. The van der Waals surface area contributed by atoms with Gasteiger partial charge in [0.05, 0.1) is 18.3 Å². The van der Waals surface area contributed by atoms with Crippen molar-refractivity contribution in [3.8, 4) is 11.1 Å². The van der Waals surface area contributed by atoms with Gasteiger partial charge in [0, 0.05) is 43.9 Å². The van der Waals surface area contributed by atoms with Gasteiger partial charge < -0.3 is 75.9 Å². The number of anilines is 1. The van der Waals surface area contributed by atoms with Gasteiger partial charge in [0.15, 0.2) is 5.96 Å². The van der Waals surface area contributed by atoms with Crippen LogP contribution in [0.2, 0.25) is 0 Å². The second-order valence-electron chi connectivity index (χ2n) is 13.7. The lowest BCUT2D eigenvalue weighted by Crippen LogP contribution is -2.64. The van der Waals surface area contributed by atoms with E-state index in [0.717, 1.165) is 11.8 Å². The van der Waals surface area contributed by atoms with Gasteiger partial charge in [-0.1, -0.05) is 48.5 Å². The van der Waals surface area contributed by atoms with Crippen LogP contribution in [0.3, 0.4) is 0 Å². The molecule has 0 aliphatic carbocycles. The molecule has 0 spiro atoms. The topological polar surface area (TPSA) is 364 Å². The Labute approximate surface area is 339 Å². The van der Waals surface area contributed by atoms with Gasteiger partial charge in [-0.05, 0) is 37.4 Å². The third-order valence-electron chi connectivity index (χ3n) is 9.15. The third-order valence-corrected chi connectivity index (χ3v) is 9.15. The van der Waals surface area contributed by atoms with Crippen LogP contribution in [0.1, 0.15) is 25.7 Å². The van der Waals surface area contributed by atoms with Gasteiger partial charge >= 0.3 is 6.03 Å². The Morgan fingerprint density at radius 1 is 0.915 bits per heavy atom. The Kier molecular flexibility index (Phi) is 17.1. The number of aliphatic hydroxyl groups is 1. The molecule has 0 saturated carbocycles. The van der Waals surface area contributed by atoms with Crippen molar-refractivity contribution >= 4 is 53.1 Å². The summed E-state index contributed by atoms with van der Waals surface area (Å²) in [4.78, 5) is 98.1. The van der Waals surface area contributed by atoms with Crippen LogP contribution in [0.5, 0.6) is 0 Å². The second kappa shape index (κ2) is 22.4. The number of benzene rings is 2. The van der Waals surface area contributed by atoms with E-state index in [1.54, 1.807) is 24.3 Å². The van der Waals surface area contributed by atoms with Crippen molar-refractivity contribution < 1.29 is 38.7 Å². The van der Waals surface area contributed by atoms with Crippen LogP contribution in [0, 0.1) is 0 Å². The van der Waals surface area contributed by atoms with Crippen molar-refractivity contribution in [2.24, 2.45) is 27.9 Å². The minimum atomic E-state index is -1.66. The maximum Gasteiger partial charge on any atom is 0.323 e. The van der Waals surface area contributed by atoms with Crippen molar-refractivity contribution in [3.63, 3.8) is 0 Å². The molecule has 6 atom stereocenters. The molecule has 2 heterocycles. The van der Waals surface area contributed by atoms with E-state index in [1.165, 1.54) is 0 Å². The molecule has 4 rings (SSSR count). The molecule has 22 heteroatoms. The molecular formula is C37H52N14O8. The molecule has 2 unspecified atom stereocenters. The van der Waals surface area contributed by atoms with E-state index in [4.69, 9.17) is 22.9 Å². The number of para-hydroxylation sites is 1. The van der Waals surface area contributed by atoms with Gasteiger partial charge in [0.25, 0.3) is 5.91 Å². The van der Waals surface area contributed by atoms with Crippen LogP contribution in [-0.2, 0) is 28.8 Å². The molecule has 18 N–H and O–H groups in total. The SMILES string of the molecule is NCCC[C@H](N)CC(=O)NCC1NC(=O)[C@H](CO)NC(=O)[C@@H](N)CNC(=O)C([C@H]2CCN=C(N)N2)NC(=O)/C(=C/NC(=O)Nc2ccccc2-c2ccccc2)NC1=O. The predicted octanol–water partition coefficient (Wildman–Crippen LogP) is -4.41. The lowest BCUT2D eigenvalue weighted by Gasteiger charge is -2.31. The first-order valence-electron chi connectivity index (χ1n) is 18.9. The summed E-state index contributed by atoms with van der Waals surface area (Å²) in [5.74, 6) is -5.61. The fourth-order valence-corrected chi connectivity index (χ4v) is 5.96. The number of aliphatic hydroxyl groups excluding tert-OH is 1. The van der Waals surface area contributed by atoms with Crippen LogP contribution >= 0.6 is 0 Å². The van der Waals surface area contributed by atoms with Crippen LogP contribution < -0.4 is 70.8 Å². The number of amides is 8. The van der Waals surface area contributed by atoms with E-state index in [2.05, 4.69) is 52.8 Å². The largest absolute Gasteiger partial charge is 0.394 e. The van der Waals surface area contributed by atoms with Gasteiger partial charge in [-0.2, -0.15) is 0 Å². The van der Waals surface area contributed by atoms with Gasteiger partial charge in [-0.3, -0.25) is 33.8 Å². The molecule has 0 bridgehead atoms. The van der Waals surface area contributed by atoms with E-state index >= 15 is 0 Å². The smallest absolute Gasteiger partial charge is 0.323 e. The first kappa shape index (κ1) is 45.1. The van der Waals surface area contributed by atoms with Gasteiger partial charge in [0.1, 0.15) is 29.9 Å². The molecule has 2 aromatic carbocycles. The fourth-order valence-electron chi connectivity index (χ4n) is 5.96. The molecular weight excluding hydrogens is 768 g/mol. The van der Waals surface area contributed by atoms with Crippen molar-refractivity contribution in [3.05, 3.63) is 66.5 Å². The summed E-state index contributed by atoms with van der Waals surface area (Å²) >= 11 is 0. The average Bonchev–Trinajstić information content (AvgIpc) is 3.22. The Hall–Kier alpha value is -6.62. The zero-order chi connectivity index (χ0) is 42.9. The number of urea groups is 1. The minimum absolute atomic E-state index is 0.0132. The molecule has 2 aliphatic heterocycles. The summed E-state index contributed by atoms with van der Waals surface area (Å²) in [5, 5.41) is 32.5. The molecule has 0 aromatic heterocycles. The van der Waals surface area contributed by atoms with Crippen molar-refractivity contribution in [1.29, 1.82) is 0 Å². The molecule has 1 saturated heterocycles. The second-order valence-corrected chi connectivity index (χ2v) is 13.7. The minimum Gasteiger partial charge on any atom is -0.394 e. The maximum atomic E-state index is 14.1. The van der Waals surface area contributed by atoms with Crippen molar-refractivity contribution in [1.82, 2.24) is 42.5 Å². The lowest BCUT2D eigenvalue weighted by atomic mass is 10.0. The predicted molar refractivity (Wildman–Crippen MR) is 216 cm³/mol. The van der Waals surface area contributed by atoms with Gasteiger partial charge in [-0.15, -0.1) is 0 Å². The Morgan fingerprint density at radius 3 is 2.34 bits per heavy atom. The summed E-state index contributed by atoms with van der Waals surface area (Å²) < 4.78 is 0. The van der Waals surface area contributed by atoms with E-state index in [1.807, 2.05) is 30.3 Å². The quantitative estimate of drug-likeness (QED) is 0.0901. The summed E-state index contributed by atoms with van der Waals surface area (Å²) in [5.41, 5.74) is 24.7. The number of carbonyl (C=O) groups is 7. The highest BCUT2D eigenvalue weighted by Crippen LogP contribution is 2.27. The molecule has 22 nitrogen and oxygen atoms in total. The highest BCUT2D eigenvalue weighted by atomic mass is 16.3. The lowest BCUT2D eigenvalue weighted by molar-refractivity contribution is -0.134. The zero-order valence-electron chi connectivity index (χ0n) is 32.2. The Morgan fingerprint density at radius 2 is 1.63 bits per heavy atom. The van der Waals surface area contributed by atoms with Crippen LogP contribution in [-0.4, -0.2) is 122 Å². The van der Waals surface area contributed by atoms with Gasteiger partial charge in [0.2, 0.25) is 29.5 Å². The first-order chi connectivity index (χ1) is 28.3. The number of guanidine groups is 1. The molecule has 2 aliphatic rings. The average molecular weight is 821 g/mol. The number of nitrogens with one attached hydrogen (secondary N) is 9. The Bertz CT molecular complexity index is 1890. The van der Waals surface area contributed by atoms with Crippen LogP contribution in [0.4, 0.5) is 10.5 Å². The zero-order valence-corrected chi connectivity index (χ0v) is 32.2. The number of hydrogen-bond acceptors (Lipinski definition) is 14. The number of nitrogens with two attached hydrogens (primary N) is 4. The normalized spacial score (nSPS) is 23.2. The summed E-state index contributed by atoms with van der Waals surface area (Å²) in [6.45, 7) is -1.42. The fraction of sp³-hybridized carbons (Fsp3) is 0.405. The highest BCUT2D eigenvalue weighted by Gasteiger charge is 2.35. The first-order valence-corrected chi connectivity index (χ1v) is 18.9.